The summed E-state index contributed by atoms with van der Waals surface area (Å²) in [4.78, 5) is 38.6. The van der Waals surface area contributed by atoms with Crippen molar-refractivity contribution in [3.63, 3.8) is 0 Å². The minimum atomic E-state index is -1.82. The van der Waals surface area contributed by atoms with Crippen LogP contribution in [0.1, 0.15) is 74.5 Å². The maximum Gasteiger partial charge on any atom is 0.414 e. The van der Waals surface area contributed by atoms with Crippen LogP contribution in [0.15, 0.2) is 53.3 Å². The van der Waals surface area contributed by atoms with Crippen LogP contribution >= 0.6 is 0 Å². The van der Waals surface area contributed by atoms with Gasteiger partial charge in [0.1, 0.15) is 17.2 Å². The summed E-state index contributed by atoms with van der Waals surface area (Å²) < 4.78 is 20.3. The first kappa shape index (κ1) is 28.4. The summed E-state index contributed by atoms with van der Waals surface area (Å²) in [5.41, 5.74) is 2.34. The predicted octanol–water partition coefficient (Wildman–Crippen LogP) is 5.63. The Bertz CT molecular complexity index is 1250. The van der Waals surface area contributed by atoms with Crippen molar-refractivity contribution in [2.45, 2.75) is 63.2 Å². The zero-order chi connectivity index (χ0) is 27.8. The molecule has 5 rings (SSSR count). The molecule has 39 heavy (non-hydrogen) atoms. The predicted molar refractivity (Wildman–Crippen MR) is 143 cm³/mol. The van der Waals surface area contributed by atoms with Crippen molar-refractivity contribution in [2.24, 2.45) is 5.92 Å². The Balaban J connectivity index is 0.000000531. The normalized spacial score (nSPS) is 17.8. The highest BCUT2D eigenvalue weighted by molar-refractivity contribution is 6.27. The second-order valence-electron chi connectivity index (χ2n) is 10.4. The first-order chi connectivity index (χ1) is 18.8. The molecule has 2 aliphatic rings. The van der Waals surface area contributed by atoms with E-state index in [9.17, 15) is 9.18 Å². The Morgan fingerprint density at radius 2 is 1.69 bits per heavy atom. The molecule has 1 saturated heterocycles. The van der Waals surface area contributed by atoms with Gasteiger partial charge in [0.05, 0.1) is 17.9 Å². The summed E-state index contributed by atoms with van der Waals surface area (Å²) in [6, 6.07) is 11.1. The molecule has 2 fully saturated rings. The number of pyridine rings is 1. The van der Waals surface area contributed by atoms with Gasteiger partial charge < -0.3 is 19.5 Å². The third-order valence-electron chi connectivity index (χ3n) is 7.92. The summed E-state index contributed by atoms with van der Waals surface area (Å²) in [5, 5.41) is 15.7. The van der Waals surface area contributed by atoms with E-state index in [1.165, 1.54) is 6.42 Å². The molecule has 1 atom stereocenters. The van der Waals surface area contributed by atoms with E-state index in [1.54, 1.807) is 24.6 Å². The van der Waals surface area contributed by atoms with E-state index in [1.807, 2.05) is 24.3 Å². The smallest absolute Gasteiger partial charge is 0.414 e. The molecular weight excluding hydrogens is 503 g/mol. The first-order valence-corrected chi connectivity index (χ1v) is 13.6. The highest BCUT2D eigenvalue weighted by atomic mass is 19.1. The molecule has 8 nitrogen and oxygen atoms in total. The van der Waals surface area contributed by atoms with Gasteiger partial charge in [-0.25, -0.2) is 14.0 Å². The number of benzene rings is 1. The molecule has 0 radical (unpaired) electrons. The number of hydrogen-bond acceptors (Lipinski definition) is 6. The van der Waals surface area contributed by atoms with Gasteiger partial charge in [-0.05, 0) is 88.0 Å². The topological polar surface area (TPSA) is 121 Å². The molecule has 208 valence electrons. The van der Waals surface area contributed by atoms with E-state index in [-0.39, 0.29) is 23.6 Å². The van der Waals surface area contributed by atoms with Crippen molar-refractivity contribution in [3.8, 4) is 0 Å². The molecule has 3 heterocycles. The molecular formula is C30H35FN2O6. The third kappa shape index (κ3) is 7.29. The molecule has 0 spiro atoms. The summed E-state index contributed by atoms with van der Waals surface area (Å²) in [7, 11) is 0. The van der Waals surface area contributed by atoms with Gasteiger partial charge >= 0.3 is 11.9 Å². The Labute approximate surface area is 226 Å². The number of nitrogens with zero attached hydrogens (tertiary/aromatic N) is 2. The fourth-order valence-electron chi connectivity index (χ4n) is 5.86. The number of Topliss-reactive ketones (excluding diaryl/α,β-unsaturated/α-hetero) is 1. The van der Waals surface area contributed by atoms with Gasteiger partial charge in [0, 0.05) is 23.1 Å². The van der Waals surface area contributed by atoms with Crippen LogP contribution in [0.3, 0.4) is 0 Å². The van der Waals surface area contributed by atoms with Crippen molar-refractivity contribution in [1.82, 2.24) is 9.88 Å². The number of aliphatic carboxylic acids is 2. The molecule has 1 aliphatic heterocycles. The molecule has 1 saturated carbocycles. The zero-order valence-corrected chi connectivity index (χ0v) is 21.9. The minimum Gasteiger partial charge on any atom is -0.473 e. The first-order valence-electron chi connectivity index (χ1n) is 13.6. The van der Waals surface area contributed by atoms with Crippen LogP contribution < -0.4 is 0 Å². The number of furan rings is 1. The second-order valence-corrected chi connectivity index (χ2v) is 10.4. The average molecular weight is 539 g/mol. The highest BCUT2D eigenvalue weighted by Gasteiger charge is 2.31. The SMILES string of the molecule is O=C(C1CCCCC1)C(CCN1CCC(c2c(F)ccc3ccoc23)CC1)c1ccccn1.O=C(O)C(=O)O. The van der Waals surface area contributed by atoms with Gasteiger partial charge in [0.2, 0.25) is 0 Å². The molecule has 0 bridgehead atoms. The summed E-state index contributed by atoms with van der Waals surface area (Å²) in [6.45, 7) is 2.70. The van der Waals surface area contributed by atoms with Crippen molar-refractivity contribution in [3.05, 3.63) is 65.9 Å². The number of halogens is 1. The Morgan fingerprint density at radius 3 is 2.33 bits per heavy atom. The van der Waals surface area contributed by atoms with Crippen LogP contribution in [0.25, 0.3) is 11.0 Å². The van der Waals surface area contributed by atoms with Crippen molar-refractivity contribution in [1.29, 1.82) is 0 Å². The van der Waals surface area contributed by atoms with E-state index in [4.69, 9.17) is 24.2 Å². The number of ketones is 1. The van der Waals surface area contributed by atoms with Crippen LogP contribution in [0.2, 0.25) is 0 Å². The molecule has 9 heteroatoms. The quantitative estimate of drug-likeness (QED) is 0.372. The lowest BCUT2D eigenvalue weighted by Gasteiger charge is -2.33. The number of rotatable bonds is 7. The number of carbonyl (C=O) groups excluding carboxylic acids is 1. The van der Waals surface area contributed by atoms with Crippen LogP contribution in [-0.4, -0.2) is 57.5 Å². The molecule has 1 aromatic carbocycles. The van der Waals surface area contributed by atoms with E-state index in [2.05, 4.69) is 9.88 Å². The summed E-state index contributed by atoms with van der Waals surface area (Å²) in [5.74, 6) is -3.19. The monoisotopic (exact) mass is 538 g/mol. The summed E-state index contributed by atoms with van der Waals surface area (Å²) >= 11 is 0. The number of fused-ring (bicyclic) bond motifs is 1. The largest absolute Gasteiger partial charge is 0.473 e. The van der Waals surface area contributed by atoms with Crippen LogP contribution in [0, 0.1) is 11.7 Å². The Morgan fingerprint density at radius 1 is 0.974 bits per heavy atom. The molecule has 2 aromatic heterocycles. The number of carboxylic acid groups (broad SMARTS) is 2. The van der Waals surface area contributed by atoms with Crippen LogP contribution in [-0.2, 0) is 14.4 Å². The number of hydrogen-bond donors (Lipinski definition) is 2. The zero-order valence-electron chi connectivity index (χ0n) is 21.9. The maximum absolute atomic E-state index is 14.7. The van der Waals surface area contributed by atoms with Gasteiger partial charge in [0.15, 0.2) is 0 Å². The number of carbonyl (C=O) groups is 3. The van der Waals surface area contributed by atoms with E-state index >= 15 is 0 Å². The third-order valence-corrected chi connectivity index (χ3v) is 7.92. The maximum atomic E-state index is 14.7. The van der Waals surface area contributed by atoms with Gasteiger partial charge in [0.25, 0.3) is 0 Å². The fraction of sp³-hybridized carbons (Fsp3) is 0.467. The standard InChI is InChI=1S/C28H33FN2O2.C2H2O4/c29-24-10-9-22-14-19-33-28(22)26(24)20-11-16-31(17-12-20)18-13-23(25-8-4-5-15-30-25)27(32)21-6-2-1-3-7-21;3-1(4)2(5)6/h4-5,8-10,14-15,19-21,23H,1-3,6-7,11-13,16-18H2;(H,3,4)(H,5,6). The van der Waals surface area contributed by atoms with Gasteiger partial charge in [-0.1, -0.05) is 25.3 Å². The van der Waals surface area contributed by atoms with Crippen molar-refractivity contribution < 1.29 is 33.4 Å². The highest BCUT2D eigenvalue weighted by Crippen LogP contribution is 2.36. The van der Waals surface area contributed by atoms with Gasteiger partial charge in [-0.3, -0.25) is 9.78 Å². The van der Waals surface area contributed by atoms with Gasteiger partial charge in [-0.15, -0.1) is 0 Å². The van der Waals surface area contributed by atoms with E-state index in [0.29, 0.717) is 11.4 Å². The van der Waals surface area contributed by atoms with E-state index in [0.717, 1.165) is 81.2 Å². The van der Waals surface area contributed by atoms with Crippen molar-refractivity contribution >= 4 is 28.7 Å². The Hall–Kier alpha value is -3.59. The summed E-state index contributed by atoms with van der Waals surface area (Å²) in [6.07, 6.45) is 11.7. The fourth-order valence-corrected chi connectivity index (χ4v) is 5.86. The van der Waals surface area contributed by atoms with Crippen LogP contribution in [0.5, 0.6) is 0 Å². The molecule has 0 amide bonds. The van der Waals surface area contributed by atoms with Crippen molar-refractivity contribution in [2.75, 3.05) is 19.6 Å². The molecule has 2 N–H and O–H groups in total. The number of carboxylic acids is 2. The van der Waals surface area contributed by atoms with E-state index < -0.39 is 11.9 Å². The molecule has 1 aliphatic carbocycles. The lowest BCUT2D eigenvalue weighted by atomic mass is 9.79. The number of piperidine rings is 1. The van der Waals surface area contributed by atoms with Crippen LogP contribution in [0.4, 0.5) is 4.39 Å². The minimum absolute atomic E-state index is 0.124. The Kier molecular flexibility index (Phi) is 9.81. The molecule has 1 unspecified atom stereocenters. The molecule has 3 aromatic rings. The number of likely N-dealkylation sites (tertiary alicyclic amines) is 1. The lowest BCUT2D eigenvalue weighted by molar-refractivity contribution is -0.159. The second kappa shape index (κ2) is 13.5. The lowest BCUT2D eigenvalue weighted by Crippen LogP contribution is -2.36. The van der Waals surface area contributed by atoms with Gasteiger partial charge in [-0.2, -0.15) is 0 Å². The number of aromatic nitrogens is 1. The average Bonchev–Trinajstić information content (AvgIpc) is 3.44.